The van der Waals surface area contributed by atoms with Gasteiger partial charge in [0.25, 0.3) is 0 Å². The van der Waals surface area contributed by atoms with E-state index in [2.05, 4.69) is 9.88 Å². The summed E-state index contributed by atoms with van der Waals surface area (Å²) >= 11 is 0. The van der Waals surface area contributed by atoms with E-state index in [1.807, 2.05) is 0 Å². The molecule has 0 aliphatic carbocycles. The molecule has 0 atom stereocenters. The Balaban J connectivity index is 1.25. The van der Waals surface area contributed by atoms with Gasteiger partial charge in [0.1, 0.15) is 11.4 Å². The monoisotopic (exact) mass is 559 g/mol. The Morgan fingerprint density at radius 2 is 1.80 bits per heavy atom. The fraction of sp³-hybridized carbons (Fsp3) is 0.321. The summed E-state index contributed by atoms with van der Waals surface area (Å²) in [6.45, 7) is 0.477. The second kappa shape index (κ2) is 10.8. The molecular weight excluding hydrogens is 534 g/mol. The number of benzene rings is 2. The van der Waals surface area contributed by atoms with E-state index in [-0.39, 0.29) is 11.3 Å². The van der Waals surface area contributed by atoms with Crippen LogP contribution in [0, 0.1) is 5.95 Å². The van der Waals surface area contributed by atoms with Gasteiger partial charge in [0, 0.05) is 55.5 Å². The molecule has 2 fully saturated rings. The molecule has 2 aliphatic rings. The van der Waals surface area contributed by atoms with Crippen molar-refractivity contribution in [3.05, 3.63) is 77.9 Å². The van der Waals surface area contributed by atoms with Gasteiger partial charge in [0.15, 0.2) is 6.61 Å². The summed E-state index contributed by atoms with van der Waals surface area (Å²) in [5.74, 6) is -1.74. The summed E-state index contributed by atoms with van der Waals surface area (Å²) < 4.78 is 62.9. The third-order valence-electron chi connectivity index (χ3n) is 7.05. The number of anilines is 1. The summed E-state index contributed by atoms with van der Waals surface area (Å²) in [5, 5.41) is 9.09. The lowest BCUT2D eigenvalue weighted by Crippen LogP contribution is -2.46. The highest BCUT2D eigenvalue weighted by atomic mass is 19.4. The van der Waals surface area contributed by atoms with E-state index in [0.29, 0.717) is 55.8 Å². The Kier molecular flexibility index (Phi) is 7.37. The lowest BCUT2D eigenvalue weighted by Gasteiger charge is -2.37. The number of halogens is 4. The van der Waals surface area contributed by atoms with Gasteiger partial charge in [-0.2, -0.15) is 17.6 Å². The minimum absolute atomic E-state index is 0.0194. The maximum Gasteiger partial charge on any atom is 0.422 e. The molecule has 210 valence electrons. The highest BCUT2D eigenvalue weighted by Crippen LogP contribution is 2.37. The average Bonchev–Trinajstić information content (AvgIpc) is 3.24. The number of hydrogen-bond acceptors (Lipinski definition) is 6. The summed E-state index contributed by atoms with van der Waals surface area (Å²) in [5.41, 5.74) is 1.52. The van der Waals surface area contributed by atoms with Crippen molar-refractivity contribution in [1.29, 1.82) is 0 Å². The quantitative estimate of drug-likeness (QED) is 0.301. The smallest absolute Gasteiger partial charge is 0.422 e. The fourth-order valence-corrected chi connectivity index (χ4v) is 4.96. The van der Waals surface area contributed by atoms with Crippen LogP contribution in [0.1, 0.15) is 28.8 Å². The van der Waals surface area contributed by atoms with Gasteiger partial charge < -0.3 is 14.6 Å². The van der Waals surface area contributed by atoms with Crippen molar-refractivity contribution < 1.29 is 41.7 Å². The first-order valence-electron chi connectivity index (χ1n) is 12.5. The number of carboxylic acid groups (broad SMARTS) is 1. The lowest BCUT2D eigenvalue weighted by atomic mass is 9.91. The molecule has 1 aromatic heterocycles. The van der Waals surface area contributed by atoms with Crippen LogP contribution in [0.25, 0.3) is 11.1 Å². The average molecular weight is 560 g/mol. The van der Waals surface area contributed by atoms with Crippen molar-refractivity contribution in [2.45, 2.75) is 31.2 Å². The van der Waals surface area contributed by atoms with Gasteiger partial charge in [-0.3, -0.25) is 9.80 Å². The zero-order chi connectivity index (χ0) is 28.5. The molecule has 1 spiro atoms. The zero-order valence-electron chi connectivity index (χ0n) is 21.2. The molecule has 3 heterocycles. The first-order chi connectivity index (χ1) is 19.0. The van der Waals surface area contributed by atoms with Gasteiger partial charge in [-0.15, -0.1) is 0 Å². The van der Waals surface area contributed by atoms with Crippen LogP contribution in [-0.4, -0.2) is 65.1 Å². The van der Waals surface area contributed by atoms with Gasteiger partial charge in [-0.25, -0.2) is 14.6 Å². The molecule has 8 nitrogen and oxygen atoms in total. The predicted octanol–water partition coefficient (Wildman–Crippen LogP) is 5.52. The Morgan fingerprint density at radius 3 is 2.42 bits per heavy atom. The maximum atomic E-state index is 13.3. The van der Waals surface area contributed by atoms with Crippen LogP contribution in [0.4, 0.5) is 28.0 Å². The number of likely N-dealkylation sites (tertiary alicyclic amines) is 1. The number of carbonyl (C=O) groups excluding carboxylic acids is 1. The normalized spacial score (nSPS) is 17.2. The standard InChI is InChI=1S/C28H25F4N3O5/c29-24-8-4-20(14-33-24)22-7-1-18(13-23(22)39-17-28(30,31)32)15-34-11-9-27(10-12-34)16-35(26(38)40-27)21-5-2-19(3-6-21)25(36)37/h1-8,13-14H,9-12,15-17H2,(H,36,37). The molecule has 40 heavy (non-hydrogen) atoms. The molecule has 0 saturated carbocycles. The van der Waals surface area contributed by atoms with Crippen LogP contribution in [0.15, 0.2) is 60.8 Å². The van der Waals surface area contributed by atoms with Crippen LogP contribution in [0.3, 0.4) is 0 Å². The SMILES string of the molecule is O=C(O)c1ccc(N2CC3(CCN(Cc4ccc(-c5ccc(F)nc5)c(OCC(F)(F)F)c4)CC3)OC2=O)cc1. The minimum atomic E-state index is -4.53. The summed E-state index contributed by atoms with van der Waals surface area (Å²) in [4.78, 5) is 30.9. The first-order valence-corrected chi connectivity index (χ1v) is 12.5. The second-order valence-electron chi connectivity index (χ2n) is 9.87. The molecule has 0 unspecified atom stereocenters. The highest BCUT2D eigenvalue weighted by Gasteiger charge is 2.47. The van der Waals surface area contributed by atoms with Crippen molar-refractivity contribution in [3.63, 3.8) is 0 Å². The van der Waals surface area contributed by atoms with Crippen molar-refractivity contribution in [1.82, 2.24) is 9.88 Å². The number of rotatable bonds is 7. The van der Waals surface area contributed by atoms with Crippen molar-refractivity contribution >= 4 is 17.7 Å². The van der Waals surface area contributed by atoms with Gasteiger partial charge in [0.05, 0.1) is 12.1 Å². The molecule has 2 aromatic carbocycles. The van der Waals surface area contributed by atoms with E-state index in [4.69, 9.17) is 14.6 Å². The van der Waals surface area contributed by atoms with Gasteiger partial charge >= 0.3 is 18.2 Å². The third kappa shape index (κ3) is 6.17. The van der Waals surface area contributed by atoms with Gasteiger partial charge in [-0.1, -0.05) is 12.1 Å². The van der Waals surface area contributed by atoms with Crippen LogP contribution in [-0.2, 0) is 11.3 Å². The summed E-state index contributed by atoms with van der Waals surface area (Å²) in [6, 6.07) is 13.5. The number of ether oxygens (including phenoxy) is 2. The third-order valence-corrected chi connectivity index (χ3v) is 7.05. The maximum absolute atomic E-state index is 13.3. The van der Waals surface area contributed by atoms with E-state index in [1.165, 1.54) is 29.3 Å². The van der Waals surface area contributed by atoms with E-state index in [0.717, 1.165) is 11.6 Å². The summed E-state index contributed by atoms with van der Waals surface area (Å²) in [7, 11) is 0. The first kappa shape index (κ1) is 27.4. The number of alkyl halides is 3. The molecule has 0 bridgehead atoms. The van der Waals surface area contributed by atoms with Crippen molar-refractivity contribution in [2.24, 2.45) is 0 Å². The van der Waals surface area contributed by atoms with Crippen LogP contribution >= 0.6 is 0 Å². The fourth-order valence-electron chi connectivity index (χ4n) is 4.96. The van der Waals surface area contributed by atoms with Crippen LogP contribution in [0.2, 0.25) is 0 Å². The Morgan fingerprint density at radius 1 is 1.07 bits per heavy atom. The number of hydrogen-bond donors (Lipinski definition) is 1. The number of aromatic carboxylic acids is 1. The van der Waals surface area contributed by atoms with E-state index in [9.17, 15) is 27.2 Å². The number of nitrogens with zero attached hydrogens (tertiary/aromatic N) is 3. The Bertz CT molecular complexity index is 1390. The molecule has 0 radical (unpaired) electrons. The minimum Gasteiger partial charge on any atom is -0.483 e. The van der Waals surface area contributed by atoms with Crippen LogP contribution in [0.5, 0.6) is 5.75 Å². The molecule has 2 aliphatic heterocycles. The van der Waals surface area contributed by atoms with Crippen molar-refractivity contribution in [3.8, 4) is 16.9 Å². The molecule has 2 saturated heterocycles. The largest absolute Gasteiger partial charge is 0.483 e. The molecular formula is C28H25F4N3O5. The highest BCUT2D eigenvalue weighted by molar-refractivity contribution is 5.92. The molecule has 1 amide bonds. The summed E-state index contributed by atoms with van der Waals surface area (Å²) in [6.07, 6.45) is -2.67. The molecule has 12 heteroatoms. The van der Waals surface area contributed by atoms with E-state index >= 15 is 0 Å². The molecule has 5 rings (SSSR count). The number of aromatic nitrogens is 1. The lowest BCUT2D eigenvalue weighted by molar-refractivity contribution is -0.153. The Labute approximate surface area is 226 Å². The number of pyridine rings is 1. The second-order valence-corrected chi connectivity index (χ2v) is 9.87. The van der Waals surface area contributed by atoms with E-state index in [1.54, 1.807) is 30.3 Å². The van der Waals surface area contributed by atoms with Gasteiger partial charge in [0.2, 0.25) is 5.95 Å². The predicted molar refractivity (Wildman–Crippen MR) is 136 cm³/mol. The van der Waals surface area contributed by atoms with E-state index < -0.39 is 36.4 Å². The zero-order valence-corrected chi connectivity index (χ0v) is 21.2. The van der Waals surface area contributed by atoms with Crippen LogP contribution < -0.4 is 9.64 Å². The molecule has 3 aromatic rings. The van der Waals surface area contributed by atoms with Crippen molar-refractivity contribution in [2.75, 3.05) is 31.1 Å². The molecule has 1 N–H and O–H groups in total. The number of carboxylic acids is 1. The topological polar surface area (TPSA) is 92.2 Å². The van der Waals surface area contributed by atoms with Gasteiger partial charge in [-0.05, 0) is 48.0 Å². The number of amides is 1. The number of carbonyl (C=O) groups is 2. The number of piperidine rings is 1. The Hall–Kier alpha value is -4.19.